The van der Waals surface area contributed by atoms with E-state index < -0.39 is 130 Å². The second-order valence-electron chi connectivity index (χ2n) is 36.2. The van der Waals surface area contributed by atoms with E-state index in [9.17, 15) is 63.3 Å². The maximum atomic E-state index is 14.0. The standard InChI is InChI=1S/C31H43ClN2O6.C30H41ClO6.C28H37ClO7/c1-7-25(37)39-16-24(36)31(40-26(38)8-2)17(4)10-20-27-21(32)11-19-12-22-18(15-33-34(22)9-3)13-29(19,5)28(27)23(35)14-30(20,31)6;1-7-18-10-11-28(5)19(13-18)14-21(31)26-20-12-17(4)30(37-25(35)9-3,23(33)16-36-24(34)8-2)29(20,6)15-22(32)27(26)28;1-6-22(33)35-14-21(32)28(36-23(34)7-2)15(3)10-18-24-19(29)12-16-11-17(30)8-9-26(16,4)25(24)20(31)13-27(18,28)5/h12,15,17,20-21,23,27-28,35H,7-11,13-14,16H2,1-6H3;7,10-11,13,17,20-22,26-27,32H,8-9,12,14-16H2,1-6H3;8-9,11,15,18-20,24-25,31H,6-7,10,12-14H2,1-5H3/b;18-7+;/t17-,20+,21-,23+,27-,28+,29+,30+,31+;17-,20+,21-,22+,26-,27+,28+,29+,30+;15-,18+,19-,20+,24-,25+,26+,27+,28+/m111/s1. The molecular weight excluding hydrogens is 1510 g/mol. The van der Waals surface area contributed by atoms with E-state index in [4.69, 9.17) is 63.2 Å². The molecule has 0 unspecified atom stereocenters. The number of hydrogen-bond acceptors (Lipinski definition) is 20. The number of ketones is 4. The van der Waals surface area contributed by atoms with Crippen molar-refractivity contribution in [2.75, 3.05) is 19.8 Å². The van der Waals surface area contributed by atoms with Gasteiger partial charge >= 0.3 is 35.8 Å². The minimum atomic E-state index is -1.54. The third-order valence-electron chi connectivity index (χ3n) is 30.6. The van der Waals surface area contributed by atoms with Crippen LogP contribution >= 0.6 is 34.8 Å². The summed E-state index contributed by atoms with van der Waals surface area (Å²) in [5, 5.41) is 39.3. The van der Waals surface area contributed by atoms with Gasteiger partial charge in [-0.15, -0.1) is 34.8 Å². The molecule has 0 radical (unpaired) electrons. The van der Waals surface area contributed by atoms with Crippen molar-refractivity contribution < 1.29 is 91.7 Å². The van der Waals surface area contributed by atoms with Crippen molar-refractivity contribution in [3.63, 3.8) is 0 Å². The first kappa shape index (κ1) is 87.7. The number of allylic oxidation sites excluding steroid dienone is 11. The van der Waals surface area contributed by atoms with Crippen LogP contribution in [0.4, 0.5) is 0 Å². The van der Waals surface area contributed by atoms with Crippen LogP contribution in [0.3, 0.4) is 0 Å². The SMILES string of the molecule is C/C=C1\C=C[C@@]2(C)C(=C1)C[C@@H](Cl)[C@@H]1[C@@H]2[C@@H](O)C[C@@]2(C)[C@H]1C[C@@H](C)[C@]2(OC(=O)CC)C(=O)COC(=O)CC.CCC(=O)OCC(=O)[C@@]1(OC(=O)CC)[C@H](C)C[C@H]2[C@H]3[C@H]([C@@H](O)C[C@@]21C)[C@@]1(C)C=CC(=O)C=C1C[C@H]3Cl.CCC(=O)OCC(=O)[C@@]1(OC(=O)CC)[C@H](C)C[C@H]2[C@H]3[C@H]([C@@H](O)C[C@@]21C)[C@@]1(C)Cc2cnn(CC)c2C=C1C[C@H]3Cl. The van der Waals surface area contributed by atoms with Crippen LogP contribution in [0, 0.1) is 104 Å². The minimum absolute atomic E-state index is 0.0521. The van der Waals surface area contributed by atoms with E-state index in [0.717, 1.165) is 29.8 Å². The van der Waals surface area contributed by atoms with Gasteiger partial charge < -0.3 is 43.7 Å². The fourth-order valence-electron chi connectivity index (χ4n) is 25.5. The number of carbonyl (C=O) groups excluding carboxylic acids is 10. The average molecular weight is 1630 g/mol. The molecule has 13 rings (SSSR count). The lowest BCUT2D eigenvalue weighted by Gasteiger charge is -2.61. The predicted molar refractivity (Wildman–Crippen MR) is 425 cm³/mol. The number of ether oxygens (including phenoxy) is 6. The number of Topliss-reactive ketones (excluding diaryl/α,β-unsaturated/α-hetero) is 3. The van der Waals surface area contributed by atoms with Gasteiger partial charge in [-0.25, -0.2) is 0 Å². The van der Waals surface area contributed by atoms with E-state index in [0.29, 0.717) is 51.4 Å². The smallest absolute Gasteiger partial charge is 0.306 e. The normalized spacial score (nSPS) is 42.0. The number of aryl methyl sites for hydroxylation is 1. The molecule has 27 atom stereocenters. The lowest BCUT2D eigenvalue weighted by Crippen LogP contribution is -2.66. The predicted octanol–water partition coefficient (Wildman–Crippen LogP) is 14.0. The molecule has 1 aromatic heterocycles. The molecular formula is C89H121Cl3N2O19. The van der Waals surface area contributed by atoms with Gasteiger partial charge in [0.15, 0.2) is 42.4 Å². The number of aliphatic hydroxyl groups is 3. The Hall–Kier alpha value is -6.10. The average Bonchev–Trinajstić information content (AvgIpc) is 1.58. The highest BCUT2D eigenvalue weighted by Gasteiger charge is 2.78. The van der Waals surface area contributed by atoms with Crippen molar-refractivity contribution in [3.05, 3.63) is 82.3 Å². The molecule has 3 N–H and O–H groups in total. The number of esters is 6. The van der Waals surface area contributed by atoms with Crippen LogP contribution in [0.15, 0.2) is 71.0 Å². The zero-order chi connectivity index (χ0) is 83.2. The summed E-state index contributed by atoms with van der Waals surface area (Å²) in [5.74, 6) is -6.36. The zero-order valence-corrected chi connectivity index (χ0v) is 71.4. The first-order valence-corrected chi connectivity index (χ1v) is 42.9. The Morgan fingerprint density at radius 2 is 0.841 bits per heavy atom. The maximum Gasteiger partial charge on any atom is 0.306 e. The van der Waals surface area contributed by atoms with Crippen molar-refractivity contribution >= 4 is 99.8 Å². The second kappa shape index (κ2) is 32.7. The third-order valence-corrected chi connectivity index (χ3v) is 32.0. The van der Waals surface area contributed by atoms with Crippen LogP contribution in [-0.2, 0) is 89.3 Å². The van der Waals surface area contributed by atoms with Gasteiger partial charge in [0, 0.05) is 118 Å². The van der Waals surface area contributed by atoms with Crippen LogP contribution in [0.25, 0.3) is 6.08 Å². The van der Waals surface area contributed by atoms with Crippen molar-refractivity contribution in [2.24, 2.45) is 104 Å². The Balaban J connectivity index is 0.000000168. The Morgan fingerprint density at radius 1 is 0.496 bits per heavy atom. The highest BCUT2D eigenvalue weighted by molar-refractivity contribution is 6.22. The van der Waals surface area contributed by atoms with Gasteiger partial charge in [-0.1, -0.05) is 151 Å². The number of fused-ring (bicyclic) bond motifs is 16. The summed E-state index contributed by atoms with van der Waals surface area (Å²) in [4.78, 5) is 128. The number of rotatable bonds is 19. The molecule has 0 bridgehead atoms. The largest absolute Gasteiger partial charge is 0.457 e. The van der Waals surface area contributed by atoms with Crippen molar-refractivity contribution in [1.29, 1.82) is 0 Å². The van der Waals surface area contributed by atoms with E-state index in [1.807, 2.05) is 72.3 Å². The maximum absolute atomic E-state index is 14.0. The summed E-state index contributed by atoms with van der Waals surface area (Å²) >= 11 is 21.5. The van der Waals surface area contributed by atoms with E-state index in [2.05, 4.69) is 56.2 Å². The van der Waals surface area contributed by atoms with Crippen LogP contribution in [-0.4, -0.2) is 155 Å². The zero-order valence-electron chi connectivity index (χ0n) is 69.1. The van der Waals surface area contributed by atoms with E-state index in [1.165, 1.54) is 16.7 Å². The fraction of sp³-hybridized carbons (Fsp3) is 0.719. The Kier molecular flexibility index (Phi) is 25.4. The fourth-order valence-corrected chi connectivity index (χ4v) is 27.0. The summed E-state index contributed by atoms with van der Waals surface area (Å²) in [6.07, 6.45) is 21.6. The first-order chi connectivity index (χ1) is 53.1. The molecule has 0 spiro atoms. The van der Waals surface area contributed by atoms with Gasteiger partial charge in [0.25, 0.3) is 0 Å². The number of halogens is 3. The lowest BCUT2D eigenvalue weighted by molar-refractivity contribution is -0.207. The molecule has 9 fully saturated rings. The first-order valence-electron chi connectivity index (χ1n) is 41.6. The Morgan fingerprint density at radius 3 is 1.20 bits per heavy atom. The van der Waals surface area contributed by atoms with E-state index >= 15 is 0 Å². The number of alkyl halides is 3. The van der Waals surface area contributed by atoms with E-state index in [1.54, 1.807) is 53.7 Å². The summed E-state index contributed by atoms with van der Waals surface area (Å²) in [6, 6.07) is 0. The molecule has 0 amide bonds. The number of hydrogen-bond donors (Lipinski definition) is 3. The number of carbonyl (C=O) groups is 10. The Labute approximate surface area is 681 Å². The lowest BCUT2D eigenvalue weighted by atomic mass is 9.45. The van der Waals surface area contributed by atoms with Crippen LogP contribution in [0.1, 0.15) is 225 Å². The van der Waals surface area contributed by atoms with Crippen molar-refractivity contribution in [2.45, 2.75) is 278 Å². The molecule has 1 heterocycles. The van der Waals surface area contributed by atoms with E-state index in [-0.39, 0.29) is 149 Å². The molecule has 622 valence electrons. The molecule has 24 heteroatoms. The highest BCUT2D eigenvalue weighted by atomic mass is 35.5. The molecule has 113 heavy (non-hydrogen) atoms. The molecule has 12 aliphatic carbocycles. The van der Waals surface area contributed by atoms with Crippen molar-refractivity contribution in [1.82, 2.24) is 9.78 Å². The molecule has 12 aliphatic rings. The van der Waals surface area contributed by atoms with Gasteiger partial charge in [0.05, 0.1) is 30.2 Å². The van der Waals surface area contributed by atoms with Gasteiger partial charge in [-0.3, -0.25) is 52.6 Å². The number of aliphatic hydroxyl groups excluding tert-OH is 3. The summed E-state index contributed by atoms with van der Waals surface area (Å²) in [6.45, 7) is 31.6. The van der Waals surface area contributed by atoms with Gasteiger partial charge in [0.2, 0.25) is 17.3 Å². The van der Waals surface area contributed by atoms with Crippen LogP contribution in [0.5, 0.6) is 0 Å². The van der Waals surface area contributed by atoms with Gasteiger partial charge in [0.1, 0.15) is 0 Å². The van der Waals surface area contributed by atoms with Crippen LogP contribution < -0.4 is 0 Å². The topological polar surface area (TPSA) is 305 Å². The number of nitrogens with zero attached hydrogens (tertiary/aromatic N) is 2. The molecule has 1 aromatic rings. The molecule has 9 saturated carbocycles. The molecule has 0 aliphatic heterocycles. The number of aromatic nitrogens is 2. The summed E-state index contributed by atoms with van der Waals surface area (Å²) in [7, 11) is 0. The molecule has 0 aromatic carbocycles. The highest BCUT2D eigenvalue weighted by Crippen LogP contribution is 2.74. The van der Waals surface area contributed by atoms with Gasteiger partial charge in [-0.2, -0.15) is 5.10 Å². The monoisotopic (exact) mass is 1630 g/mol. The van der Waals surface area contributed by atoms with Gasteiger partial charge in [-0.05, 0) is 154 Å². The second-order valence-corrected chi connectivity index (χ2v) is 37.8. The summed E-state index contributed by atoms with van der Waals surface area (Å²) in [5.41, 5.74) is -1.54. The molecule has 0 saturated heterocycles. The molecule has 21 nitrogen and oxygen atoms in total. The van der Waals surface area contributed by atoms with Crippen LogP contribution in [0.2, 0.25) is 0 Å². The third kappa shape index (κ3) is 14.0. The summed E-state index contributed by atoms with van der Waals surface area (Å²) < 4.78 is 36.1. The Bertz CT molecular complexity index is 4160. The quantitative estimate of drug-likeness (QED) is 0.0658. The minimum Gasteiger partial charge on any atom is -0.457 e. The van der Waals surface area contributed by atoms with Crippen molar-refractivity contribution in [3.8, 4) is 0 Å².